The number of amides is 2. The number of likely N-dealkylation sites (N-methyl/N-ethyl adjacent to an activating group) is 1. The largest absolute Gasteiger partial charge is 0.480 e. The first-order valence-electron chi connectivity index (χ1n) is 5.93. The lowest BCUT2D eigenvalue weighted by Gasteiger charge is -2.28. The van der Waals surface area contributed by atoms with E-state index in [2.05, 4.69) is 4.74 Å². The number of carbonyl (C=O) groups is 3. The highest BCUT2D eigenvalue weighted by molar-refractivity contribution is 5.85. The Balaban J connectivity index is 2.78. The Morgan fingerprint density at radius 3 is 2.53 bits per heavy atom. The molecule has 2 atom stereocenters. The lowest BCUT2D eigenvalue weighted by Crippen LogP contribution is -2.49. The maximum absolute atomic E-state index is 12.2. The molecular weight excluding hydrogens is 256 g/mol. The fourth-order valence-electron chi connectivity index (χ4n) is 1.98. The summed E-state index contributed by atoms with van der Waals surface area (Å²) in [4.78, 5) is 36.6. The third kappa shape index (κ3) is 3.57. The highest BCUT2D eigenvalue weighted by Crippen LogP contribution is 2.20. The summed E-state index contributed by atoms with van der Waals surface area (Å²) in [6, 6.07) is -1.65. The number of aliphatic hydroxyl groups excluding tert-OH is 1. The van der Waals surface area contributed by atoms with E-state index in [9.17, 15) is 19.5 Å². The quantitative estimate of drug-likeness (QED) is 0.645. The van der Waals surface area contributed by atoms with Crippen LogP contribution in [0.5, 0.6) is 0 Å². The molecule has 0 bridgehead atoms. The first kappa shape index (κ1) is 15.2. The van der Waals surface area contributed by atoms with Crippen molar-refractivity contribution in [3.8, 4) is 0 Å². The molecule has 0 aromatic carbocycles. The maximum Gasteiger partial charge on any atom is 0.326 e. The van der Waals surface area contributed by atoms with Crippen LogP contribution in [0.3, 0.4) is 0 Å². The lowest BCUT2D eigenvalue weighted by atomic mass is 10.2. The number of ether oxygens (including phenoxy) is 1. The number of esters is 1. The van der Waals surface area contributed by atoms with Gasteiger partial charge >= 0.3 is 18.0 Å². The topological polar surface area (TPSA) is 107 Å². The zero-order valence-electron chi connectivity index (χ0n) is 10.9. The molecule has 8 nitrogen and oxygen atoms in total. The number of carboxylic acids is 1. The van der Waals surface area contributed by atoms with Gasteiger partial charge in [0.15, 0.2) is 0 Å². The number of aliphatic carboxylic acids is 1. The monoisotopic (exact) mass is 274 g/mol. The SMILES string of the molecule is CCN(CC(=O)OC)C(=O)N1C[C@H](O)C[C@H]1C(=O)O. The molecule has 0 saturated carbocycles. The van der Waals surface area contributed by atoms with Crippen molar-refractivity contribution in [3.05, 3.63) is 0 Å². The van der Waals surface area contributed by atoms with Gasteiger partial charge in [0, 0.05) is 19.5 Å². The van der Waals surface area contributed by atoms with E-state index in [4.69, 9.17) is 5.11 Å². The van der Waals surface area contributed by atoms with E-state index >= 15 is 0 Å². The van der Waals surface area contributed by atoms with Crippen LogP contribution in [-0.2, 0) is 14.3 Å². The number of methoxy groups -OCH3 is 1. The molecule has 0 aromatic rings. The molecule has 0 unspecified atom stereocenters. The Bertz CT molecular complexity index is 372. The zero-order chi connectivity index (χ0) is 14.6. The van der Waals surface area contributed by atoms with Crippen molar-refractivity contribution in [3.63, 3.8) is 0 Å². The van der Waals surface area contributed by atoms with Gasteiger partial charge in [-0.3, -0.25) is 4.79 Å². The molecule has 19 heavy (non-hydrogen) atoms. The molecule has 1 aliphatic heterocycles. The number of hydrogen-bond acceptors (Lipinski definition) is 5. The van der Waals surface area contributed by atoms with Crippen LogP contribution >= 0.6 is 0 Å². The first-order valence-corrected chi connectivity index (χ1v) is 5.93. The molecule has 8 heteroatoms. The molecule has 2 amide bonds. The van der Waals surface area contributed by atoms with Gasteiger partial charge in [-0.2, -0.15) is 0 Å². The summed E-state index contributed by atoms with van der Waals surface area (Å²) in [6.45, 7) is 1.62. The summed E-state index contributed by atoms with van der Waals surface area (Å²) in [5, 5.41) is 18.5. The van der Waals surface area contributed by atoms with E-state index in [0.29, 0.717) is 0 Å². The number of nitrogens with zero attached hydrogens (tertiary/aromatic N) is 2. The van der Waals surface area contributed by atoms with Gasteiger partial charge in [0.1, 0.15) is 12.6 Å². The van der Waals surface area contributed by atoms with Crippen LogP contribution in [0.4, 0.5) is 4.79 Å². The van der Waals surface area contributed by atoms with Crippen molar-refractivity contribution in [2.45, 2.75) is 25.5 Å². The van der Waals surface area contributed by atoms with Crippen LogP contribution in [0.2, 0.25) is 0 Å². The molecular formula is C11H18N2O6. The summed E-state index contributed by atoms with van der Waals surface area (Å²) in [6.07, 6.45) is -0.862. The number of hydrogen-bond donors (Lipinski definition) is 2. The molecule has 0 spiro atoms. The fourth-order valence-corrected chi connectivity index (χ4v) is 1.98. The van der Waals surface area contributed by atoms with Crippen molar-refractivity contribution in [1.82, 2.24) is 9.80 Å². The Hall–Kier alpha value is -1.83. The molecule has 108 valence electrons. The molecule has 0 radical (unpaired) electrons. The number of aliphatic hydroxyl groups is 1. The van der Waals surface area contributed by atoms with Crippen molar-refractivity contribution in [2.75, 3.05) is 26.7 Å². The Labute approximate surface area is 110 Å². The Morgan fingerprint density at radius 2 is 2.05 bits per heavy atom. The standard InChI is InChI=1S/C11H18N2O6/c1-3-12(6-9(15)19-2)11(18)13-5-7(14)4-8(13)10(16)17/h7-8,14H,3-6H2,1-2H3,(H,16,17)/t7-,8+/m1/s1. The molecule has 1 aliphatic rings. The molecule has 1 saturated heterocycles. The van der Waals surface area contributed by atoms with E-state index in [-0.39, 0.29) is 26.1 Å². The number of rotatable bonds is 4. The number of carboxylic acid groups (broad SMARTS) is 1. The minimum atomic E-state index is -1.17. The van der Waals surface area contributed by atoms with Gasteiger partial charge < -0.3 is 24.7 Å². The second-order valence-corrected chi connectivity index (χ2v) is 4.27. The minimum absolute atomic E-state index is 0.00312. The van der Waals surface area contributed by atoms with Gasteiger partial charge in [-0.15, -0.1) is 0 Å². The number of carbonyl (C=O) groups excluding carboxylic acids is 2. The van der Waals surface area contributed by atoms with Crippen molar-refractivity contribution in [1.29, 1.82) is 0 Å². The smallest absolute Gasteiger partial charge is 0.326 e. The predicted octanol–water partition coefficient (Wildman–Crippen LogP) is -0.879. The number of likely N-dealkylation sites (tertiary alicyclic amines) is 1. The van der Waals surface area contributed by atoms with Gasteiger partial charge in [-0.1, -0.05) is 0 Å². The van der Waals surface area contributed by atoms with Crippen molar-refractivity contribution >= 4 is 18.0 Å². The highest BCUT2D eigenvalue weighted by Gasteiger charge is 2.40. The minimum Gasteiger partial charge on any atom is -0.480 e. The maximum atomic E-state index is 12.2. The second-order valence-electron chi connectivity index (χ2n) is 4.27. The van der Waals surface area contributed by atoms with E-state index in [1.165, 1.54) is 12.0 Å². The fraction of sp³-hybridized carbons (Fsp3) is 0.727. The average molecular weight is 274 g/mol. The normalized spacial score (nSPS) is 22.2. The van der Waals surface area contributed by atoms with E-state index in [1.54, 1.807) is 6.92 Å². The predicted molar refractivity (Wildman–Crippen MR) is 63.4 cm³/mol. The molecule has 2 N–H and O–H groups in total. The summed E-state index contributed by atoms with van der Waals surface area (Å²) in [5.41, 5.74) is 0. The molecule has 0 aromatic heterocycles. The number of β-amino-alcohol motifs (C(OH)–C–C–N with tert-alkyl or cyclic N) is 1. The zero-order valence-corrected chi connectivity index (χ0v) is 10.9. The van der Waals surface area contributed by atoms with Gasteiger partial charge in [0.05, 0.1) is 13.2 Å². The molecule has 0 aliphatic carbocycles. The van der Waals surface area contributed by atoms with Gasteiger partial charge in [0.25, 0.3) is 0 Å². The molecule has 1 rings (SSSR count). The van der Waals surface area contributed by atoms with Crippen LogP contribution in [-0.4, -0.2) is 76.9 Å². The summed E-state index contributed by atoms with van der Waals surface area (Å²) >= 11 is 0. The van der Waals surface area contributed by atoms with Crippen LogP contribution in [0.1, 0.15) is 13.3 Å². The van der Waals surface area contributed by atoms with E-state index in [0.717, 1.165) is 4.90 Å². The van der Waals surface area contributed by atoms with Crippen molar-refractivity contribution < 1.29 is 29.3 Å². The Morgan fingerprint density at radius 1 is 1.42 bits per heavy atom. The highest BCUT2D eigenvalue weighted by atomic mass is 16.5. The summed E-state index contributed by atoms with van der Waals surface area (Å²) < 4.78 is 4.47. The van der Waals surface area contributed by atoms with Crippen LogP contribution in [0.15, 0.2) is 0 Å². The van der Waals surface area contributed by atoms with Gasteiger partial charge in [0.2, 0.25) is 0 Å². The average Bonchev–Trinajstić information content (AvgIpc) is 2.77. The molecule has 1 fully saturated rings. The summed E-state index contributed by atoms with van der Waals surface area (Å²) in [5.74, 6) is -1.75. The Kier molecular flexibility index (Phi) is 5.11. The van der Waals surface area contributed by atoms with Crippen molar-refractivity contribution in [2.24, 2.45) is 0 Å². The molecule has 1 heterocycles. The van der Waals surface area contributed by atoms with Crippen LogP contribution in [0, 0.1) is 0 Å². The first-order chi connectivity index (χ1) is 8.90. The van der Waals surface area contributed by atoms with Crippen LogP contribution in [0.25, 0.3) is 0 Å². The van der Waals surface area contributed by atoms with Gasteiger partial charge in [-0.05, 0) is 6.92 Å². The van der Waals surface area contributed by atoms with Crippen LogP contribution < -0.4 is 0 Å². The third-order valence-electron chi connectivity index (χ3n) is 3.01. The van der Waals surface area contributed by atoms with E-state index < -0.39 is 30.1 Å². The lowest BCUT2D eigenvalue weighted by molar-refractivity contribution is -0.141. The number of urea groups is 1. The van der Waals surface area contributed by atoms with Gasteiger partial charge in [-0.25, -0.2) is 9.59 Å². The summed E-state index contributed by atoms with van der Waals surface area (Å²) in [7, 11) is 1.21. The van der Waals surface area contributed by atoms with E-state index in [1.807, 2.05) is 0 Å². The second kappa shape index (κ2) is 6.37. The third-order valence-corrected chi connectivity index (χ3v) is 3.01.